The van der Waals surface area contributed by atoms with Crippen molar-refractivity contribution in [1.82, 2.24) is 0 Å². The van der Waals surface area contributed by atoms with Gasteiger partial charge < -0.3 is 10.0 Å². The van der Waals surface area contributed by atoms with Gasteiger partial charge >= 0.3 is 7.12 Å². The highest BCUT2D eigenvalue weighted by Gasteiger charge is 2.25. The molecular weight excluding hydrogens is 246 g/mol. The fourth-order valence-corrected chi connectivity index (χ4v) is 2.45. The number of aryl methyl sites for hydroxylation is 1. The van der Waals surface area contributed by atoms with Gasteiger partial charge in [0.15, 0.2) is 0 Å². The minimum atomic E-state index is -1.34. The predicted molar refractivity (Wildman–Crippen MR) is 78.5 cm³/mol. The van der Waals surface area contributed by atoms with E-state index in [1.165, 1.54) is 0 Å². The largest absolute Gasteiger partial charge is 0.484 e. The van der Waals surface area contributed by atoms with Crippen LogP contribution in [0.4, 0.5) is 0 Å². The molecule has 0 aromatic heterocycles. The number of rotatable bonds is 2. The summed E-state index contributed by atoms with van der Waals surface area (Å²) >= 11 is 5.97. The van der Waals surface area contributed by atoms with Gasteiger partial charge in [-0.1, -0.05) is 31.5 Å². The van der Waals surface area contributed by atoms with Crippen molar-refractivity contribution in [3.05, 3.63) is 39.8 Å². The summed E-state index contributed by atoms with van der Waals surface area (Å²) in [4.78, 5) is 0. The molecule has 1 aliphatic carbocycles. The van der Waals surface area contributed by atoms with Crippen molar-refractivity contribution in [2.45, 2.75) is 40.0 Å². The Bertz CT molecular complexity index is 441. The third kappa shape index (κ3) is 3.38. The third-order valence-electron chi connectivity index (χ3n) is 3.10. The molecule has 0 aliphatic heterocycles. The molecule has 0 amide bonds. The van der Waals surface area contributed by atoms with Crippen LogP contribution in [-0.4, -0.2) is 17.2 Å². The molecule has 2 rings (SSSR count). The van der Waals surface area contributed by atoms with Crippen LogP contribution in [0.2, 0.25) is 5.02 Å². The molecular formula is C14H20BClO2. The second-order valence-electron chi connectivity index (χ2n) is 4.19. The summed E-state index contributed by atoms with van der Waals surface area (Å²) in [6, 6.07) is 5.72. The second kappa shape index (κ2) is 6.98. The Morgan fingerprint density at radius 1 is 1.17 bits per heavy atom. The van der Waals surface area contributed by atoms with Gasteiger partial charge in [0.2, 0.25) is 0 Å². The average Bonchev–Trinajstić information content (AvgIpc) is 2.84. The molecule has 0 atom stereocenters. The summed E-state index contributed by atoms with van der Waals surface area (Å²) in [6.07, 6.45) is 2.64. The lowest BCUT2D eigenvalue weighted by molar-refractivity contribution is 0.417. The normalized spacial score (nSPS) is 14.3. The van der Waals surface area contributed by atoms with Crippen LogP contribution in [0.5, 0.6) is 0 Å². The van der Waals surface area contributed by atoms with Crippen LogP contribution in [0.25, 0.3) is 5.57 Å². The minimum absolute atomic E-state index is 0.687. The van der Waals surface area contributed by atoms with Crippen molar-refractivity contribution in [1.29, 1.82) is 0 Å². The number of halogens is 1. The van der Waals surface area contributed by atoms with E-state index in [1.807, 2.05) is 39.0 Å². The zero-order valence-electron chi connectivity index (χ0n) is 11.2. The molecule has 0 heterocycles. The zero-order valence-corrected chi connectivity index (χ0v) is 12.0. The van der Waals surface area contributed by atoms with Crippen LogP contribution in [0.1, 0.15) is 44.2 Å². The molecule has 0 fully saturated rings. The van der Waals surface area contributed by atoms with Gasteiger partial charge in [-0.25, -0.2) is 0 Å². The summed E-state index contributed by atoms with van der Waals surface area (Å²) in [5.41, 5.74) is 3.97. The lowest BCUT2D eigenvalue weighted by Crippen LogP contribution is -2.15. The van der Waals surface area contributed by atoms with Crippen molar-refractivity contribution in [3.8, 4) is 0 Å². The summed E-state index contributed by atoms with van der Waals surface area (Å²) in [6.45, 7) is 6.01. The first-order valence-corrected chi connectivity index (χ1v) is 6.82. The van der Waals surface area contributed by atoms with Gasteiger partial charge in [0, 0.05) is 5.02 Å². The predicted octanol–water partition coefficient (Wildman–Crippen LogP) is 3.62. The van der Waals surface area contributed by atoms with Crippen LogP contribution < -0.4 is 0 Å². The number of benzene rings is 1. The van der Waals surface area contributed by atoms with Crippen LogP contribution in [-0.2, 0) is 0 Å². The molecule has 1 aliphatic rings. The Balaban J connectivity index is 0.000000771. The number of hydrogen-bond donors (Lipinski definition) is 2. The summed E-state index contributed by atoms with van der Waals surface area (Å²) in [5.74, 6) is 0. The van der Waals surface area contributed by atoms with E-state index < -0.39 is 7.12 Å². The molecule has 0 radical (unpaired) electrons. The van der Waals surface area contributed by atoms with E-state index in [0.717, 1.165) is 41.4 Å². The van der Waals surface area contributed by atoms with Gasteiger partial charge in [-0.15, -0.1) is 0 Å². The highest BCUT2D eigenvalue weighted by Crippen LogP contribution is 2.36. The van der Waals surface area contributed by atoms with E-state index in [0.29, 0.717) is 5.02 Å². The molecule has 18 heavy (non-hydrogen) atoms. The molecule has 98 valence electrons. The molecule has 1 aromatic rings. The quantitative estimate of drug-likeness (QED) is 0.803. The molecule has 1 aromatic carbocycles. The van der Waals surface area contributed by atoms with E-state index in [9.17, 15) is 10.0 Å². The molecule has 2 N–H and O–H groups in total. The highest BCUT2D eigenvalue weighted by atomic mass is 35.5. The Morgan fingerprint density at radius 2 is 1.83 bits per heavy atom. The van der Waals surface area contributed by atoms with Gasteiger partial charge in [0.05, 0.1) is 0 Å². The maximum Gasteiger partial charge on any atom is 0.484 e. The molecule has 4 heteroatoms. The molecule has 2 nitrogen and oxygen atoms in total. The first-order valence-electron chi connectivity index (χ1n) is 6.44. The van der Waals surface area contributed by atoms with Crippen molar-refractivity contribution in [2.75, 3.05) is 0 Å². The van der Waals surface area contributed by atoms with Crippen molar-refractivity contribution >= 4 is 24.3 Å². The zero-order chi connectivity index (χ0) is 13.7. The van der Waals surface area contributed by atoms with Crippen LogP contribution in [0, 0.1) is 6.92 Å². The number of hydrogen-bond acceptors (Lipinski definition) is 2. The summed E-state index contributed by atoms with van der Waals surface area (Å²) in [7, 11) is -1.34. The van der Waals surface area contributed by atoms with E-state index in [4.69, 9.17) is 11.6 Å². The standard InChI is InChI=1S/C12H14BClO2.C2H6/c1-8-5-6-9(14)7-11(8)10-3-2-4-12(10)13(15)16;1-2/h5-7,15-16H,2-4H2,1H3;1-2H3. The maximum atomic E-state index is 9.31. The Labute approximate surface area is 114 Å². The molecule has 0 saturated heterocycles. The van der Waals surface area contributed by atoms with Gasteiger partial charge in [0.1, 0.15) is 0 Å². The smallest absolute Gasteiger partial charge is 0.423 e. The SMILES string of the molecule is CC.Cc1ccc(Cl)cc1C1=C(B(O)O)CCC1. The Morgan fingerprint density at radius 3 is 2.44 bits per heavy atom. The maximum absolute atomic E-state index is 9.31. The number of allylic oxidation sites excluding steroid dienone is 2. The van der Waals surface area contributed by atoms with E-state index in [-0.39, 0.29) is 0 Å². The molecule has 0 spiro atoms. The second-order valence-corrected chi connectivity index (χ2v) is 4.63. The van der Waals surface area contributed by atoms with Gasteiger partial charge in [0.25, 0.3) is 0 Å². The monoisotopic (exact) mass is 266 g/mol. The first kappa shape index (κ1) is 15.3. The van der Waals surface area contributed by atoms with Crippen molar-refractivity contribution in [3.63, 3.8) is 0 Å². The van der Waals surface area contributed by atoms with E-state index >= 15 is 0 Å². The van der Waals surface area contributed by atoms with E-state index in [1.54, 1.807) is 0 Å². The summed E-state index contributed by atoms with van der Waals surface area (Å²) in [5, 5.41) is 19.3. The molecule has 0 unspecified atom stereocenters. The molecule has 0 bridgehead atoms. The van der Waals surface area contributed by atoms with Gasteiger partial charge in [-0.3, -0.25) is 0 Å². The average molecular weight is 267 g/mol. The van der Waals surface area contributed by atoms with Gasteiger partial charge in [-0.05, 0) is 60.5 Å². The molecule has 0 saturated carbocycles. The fraction of sp³-hybridized carbons (Fsp3) is 0.429. The van der Waals surface area contributed by atoms with Crippen LogP contribution in [0.3, 0.4) is 0 Å². The minimum Gasteiger partial charge on any atom is -0.423 e. The third-order valence-corrected chi connectivity index (χ3v) is 3.33. The van der Waals surface area contributed by atoms with Gasteiger partial charge in [-0.2, -0.15) is 0 Å². The lowest BCUT2D eigenvalue weighted by Gasteiger charge is -2.10. The summed E-state index contributed by atoms with van der Waals surface area (Å²) < 4.78 is 0. The van der Waals surface area contributed by atoms with Crippen LogP contribution in [0.15, 0.2) is 23.7 Å². The van der Waals surface area contributed by atoms with E-state index in [2.05, 4.69) is 0 Å². The fourth-order valence-electron chi connectivity index (χ4n) is 2.28. The topological polar surface area (TPSA) is 40.5 Å². The highest BCUT2D eigenvalue weighted by molar-refractivity contribution is 6.52. The van der Waals surface area contributed by atoms with Crippen molar-refractivity contribution in [2.24, 2.45) is 0 Å². The van der Waals surface area contributed by atoms with Crippen LogP contribution >= 0.6 is 11.6 Å². The Hall–Kier alpha value is -0.765. The first-order chi connectivity index (χ1) is 8.59. The Kier molecular flexibility index (Phi) is 5.93. The lowest BCUT2D eigenvalue weighted by atomic mass is 9.75. The van der Waals surface area contributed by atoms with Crippen molar-refractivity contribution < 1.29 is 10.0 Å².